The summed E-state index contributed by atoms with van der Waals surface area (Å²) in [6, 6.07) is 22.1. The molecule has 0 aromatic heterocycles. The highest BCUT2D eigenvalue weighted by Gasteiger charge is 2.52. The van der Waals surface area contributed by atoms with Crippen LogP contribution >= 0.6 is 0 Å². The number of benzene rings is 2. The second-order valence-corrected chi connectivity index (χ2v) is 23.0. The topological polar surface area (TPSA) is 54.0 Å². The van der Waals surface area contributed by atoms with Crippen LogP contribution in [0.3, 0.4) is 0 Å². The zero-order valence-corrected chi connectivity index (χ0v) is 28.3. The lowest BCUT2D eigenvalue weighted by Crippen LogP contribution is -2.68. The standard InChI is InChI=1S/C33H54O5Si2/c1-28(37-27-36-25-26-39(6,7)8)19-13-9-10-18-24-31(32(34)35-5)38-40(33(2,3)4,29-20-14-11-15-21-29)30-22-16-12-17-23-30/h11-12,14-17,20-23,28,31H,9-10,13,18-19,24-27H2,1-8H3/t28-,31+/m1/s1. The van der Waals surface area contributed by atoms with Crippen LogP contribution in [0.25, 0.3) is 0 Å². The Morgan fingerprint density at radius 2 is 1.35 bits per heavy atom. The first-order valence-electron chi connectivity index (χ1n) is 15.0. The van der Waals surface area contributed by atoms with Crippen LogP contribution in [0, 0.1) is 0 Å². The number of methoxy groups -OCH3 is 1. The number of esters is 1. The molecule has 5 nitrogen and oxygen atoms in total. The molecule has 0 amide bonds. The molecule has 0 saturated carbocycles. The van der Waals surface area contributed by atoms with Crippen molar-refractivity contribution in [1.29, 1.82) is 0 Å². The van der Waals surface area contributed by atoms with Crippen LogP contribution in [0.15, 0.2) is 60.7 Å². The molecule has 0 saturated heterocycles. The predicted molar refractivity (Wildman–Crippen MR) is 172 cm³/mol. The van der Waals surface area contributed by atoms with Gasteiger partial charge in [-0.15, -0.1) is 0 Å². The van der Waals surface area contributed by atoms with Gasteiger partial charge in [-0.3, -0.25) is 0 Å². The fourth-order valence-electron chi connectivity index (χ4n) is 5.06. The van der Waals surface area contributed by atoms with Gasteiger partial charge in [-0.25, -0.2) is 4.79 Å². The summed E-state index contributed by atoms with van der Waals surface area (Å²) in [5.74, 6) is -0.288. The third-order valence-corrected chi connectivity index (χ3v) is 14.2. The van der Waals surface area contributed by atoms with Crippen molar-refractivity contribution in [3.63, 3.8) is 0 Å². The Morgan fingerprint density at radius 3 is 1.82 bits per heavy atom. The van der Waals surface area contributed by atoms with E-state index in [9.17, 15) is 4.79 Å². The molecule has 2 atom stereocenters. The van der Waals surface area contributed by atoms with Gasteiger partial charge in [0.15, 0.2) is 0 Å². The maximum absolute atomic E-state index is 13.0. The summed E-state index contributed by atoms with van der Waals surface area (Å²) in [6.07, 6.45) is 5.38. The summed E-state index contributed by atoms with van der Waals surface area (Å²) in [5, 5.41) is 2.14. The van der Waals surface area contributed by atoms with E-state index >= 15 is 0 Å². The molecule has 0 spiro atoms. The number of carbonyl (C=O) groups is 1. The minimum absolute atomic E-state index is 0.188. The second kappa shape index (κ2) is 16.6. The number of ether oxygens (including phenoxy) is 3. The van der Waals surface area contributed by atoms with Crippen molar-refractivity contribution in [1.82, 2.24) is 0 Å². The van der Waals surface area contributed by atoms with Crippen LogP contribution in [0.1, 0.15) is 66.2 Å². The van der Waals surface area contributed by atoms with Crippen LogP contribution in [0.5, 0.6) is 0 Å². The number of unbranched alkanes of at least 4 members (excludes halogenated alkanes) is 3. The number of hydrogen-bond acceptors (Lipinski definition) is 5. The molecule has 0 unspecified atom stereocenters. The Balaban J connectivity index is 1.97. The van der Waals surface area contributed by atoms with Gasteiger partial charge in [0.1, 0.15) is 12.9 Å². The van der Waals surface area contributed by atoms with Crippen LogP contribution in [0.4, 0.5) is 0 Å². The van der Waals surface area contributed by atoms with E-state index in [1.54, 1.807) is 0 Å². The van der Waals surface area contributed by atoms with Crippen molar-refractivity contribution in [2.75, 3.05) is 20.5 Å². The van der Waals surface area contributed by atoms with Crippen molar-refractivity contribution in [3.05, 3.63) is 60.7 Å². The molecule has 2 rings (SSSR count). The lowest BCUT2D eigenvalue weighted by molar-refractivity contribution is -0.149. The van der Waals surface area contributed by atoms with Gasteiger partial charge in [0, 0.05) is 14.7 Å². The van der Waals surface area contributed by atoms with Crippen molar-refractivity contribution in [2.45, 2.75) is 109 Å². The van der Waals surface area contributed by atoms with Crippen LogP contribution in [0.2, 0.25) is 30.7 Å². The zero-order chi connectivity index (χ0) is 29.7. The lowest BCUT2D eigenvalue weighted by Gasteiger charge is -2.44. The third-order valence-electron chi connectivity index (χ3n) is 7.46. The molecule has 2 aromatic carbocycles. The minimum atomic E-state index is -2.84. The van der Waals surface area contributed by atoms with Gasteiger partial charge >= 0.3 is 5.97 Å². The zero-order valence-electron chi connectivity index (χ0n) is 26.3. The average Bonchev–Trinajstić information content (AvgIpc) is 2.91. The van der Waals surface area contributed by atoms with E-state index in [1.807, 2.05) is 12.1 Å². The fraction of sp³-hybridized carbons (Fsp3) is 0.606. The Hall–Kier alpha value is -1.78. The minimum Gasteiger partial charge on any atom is -0.467 e. The highest BCUT2D eigenvalue weighted by molar-refractivity contribution is 6.99. The molecule has 0 aliphatic rings. The molecule has 0 radical (unpaired) electrons. The lowest BCUT2D eigenvalue weighted by atomic mass is 10.1. The first kappa shape index (κ1) is 34.4. The summed E-state index contributed by atoms with van der Waals surface area (Å²) in [5.41, 5.74) is 0. The smallest absolute Gasteiger partial charge is 0.333 e. The molecule has 0 bridgehead atoms. The SMILES string of the molecule is COC(=O)[C@H](CCCCCC[C@@H](C)OCOCC[Si](C)(C)C)O[Si](c1ccccc1)(c1ccccc1)C(C)(C)C. The molecule has 40 heavy (non-hydrogen) atoms. The summed E-state index contributed by atoms with van der Waals surface area (Å²) in [6.45, 7) is 17.0. The first-order valence-corrected chi connectivity index (χ1v) is 20.6. The van der Waals surface area contributed by atoms with Crippen molar-refractivity contribution in [3.8, 4) is 0 Å². The summed E-state index contributed by atoms with van der Waals surface area (Å²) >= 11 is 0. The normalized spacial score (nSPS) is 14.1. The average molecular weight is 587 g/mol. The Bertz CT molecular complexity index is 930. The van der Waals surface area contributed by atoms with E-state index in [0.29, 0.717) is 13.2 Å². The summed E-state index contributed by atoms with van der Waals surface area (Å²) in [7, 11) is -2.44. The van der Waals surface area contributed by atoms with E-state index in [2.05, 4.69) is 95.9 Å². The van der Waals surface area contributed by atoms with Gasteiger partial charge in [-0.2, -0.15) is 0 Å². The Kier molecular flexibility index (Phi) is 14.3. The largest absolute Gasteiger partial charge is 0.467 e. The molecule has 0 heterocycles. The van der Waals surface area contributed by atoms with Gasteiger partial charge in [0.2, 0.25) is 0 Å². The van der Waals surface area contributed by atoms with Gasteiger partial charge in [-0.05, 0) is 41.2 Å². The highest BCUT2D eigenvalue weighted by atomic mass is 28.4. The molecular weight excluding hydrogens is 533 g/mol. The monoisotopic (exact) mass is 586 g/mol. The van der Waals surface area contributed by atoms with E-state index in [0.717, 1.165) is 44.8 Å². The molecule has 0 N–H and O–H groups in total. The van der Waals surface area contributed by atoms with Gasteiger partial charge < -0.3 is 18.6 Å². The molecule has 224 valence electrons. The van der Waals surface area contributed by atoms with E-state index in [4.69, 9.17) is 18.6 Å². The predicted octanol–water partition coefficient (Wildman–Crippen LogP) is 7.16. The Labute approximate surface area is 246 Å². The summed E-state index contributed by atoms with van der Waals surface area (Å²) in [4.78, 5) is 13.0. The molecule has 0 aliphatic heterocycles. The molecule has 2 aromatic rings. The first-order chi connectivity index (χ1) is 18.9. The van der Waals surface area contributed by atoms with Gasteiger partial charge in [0.05, 0.1) is 13.2 Å². The maximum atomic E-state index is 13.0. The van der Waals surface area contributed by atoms with Gasteiger partial charge in [-0.1, -0.05) is 127 Å². The number of hydrogen-bond donors (Lipinski definition) is 0. The number of carbonyl (C=O) groups excluding carboxylic acids is 1. The van der Waals surface area contributed by atoms with Crippen molar-refractivity contribution < 1.29 is 23.4 Å². The highest BCUT2D eigenvalue weighted by Crippen LogP contribution is 2.38. The number of rotatable bonds is 18. The quantitative estimate of drug-likeness (QED) is 0.0803. The van der Waals surface area contributed by atoms with E-state index in [-0.39, 0.29) is 17.1 Å². The van der Waals surface area contributed by atoms with Crippen LogP contribution < -0.4 is 10.4 Å². The van der Waals surface area contributed by atoms with Crippen molar-refractivity contribution >= 4 is 32.7 Å². The van der Waals surface area contributed by atoms with Crippen LogP contribution in [-0.2, 0) is 23.4 Å². The molecular formula is C33H54O5Si2. The third kappa shape index (κ3) is 10.9. The summed E-state index contributed by atoms with van der Waals surface area (Å²) < 4.78 is 23.9. The fourth-order valence-corrected chi connectivity index (χ4v) is 10.5. The molecule has 7 heteroatoms. The van der Waals surface area contributed by atoms with E-state index < -0.39 is 22.5 Å². The molecule has 0 fully saturated rings. The molecule has 0 aliphatic carbocycles. The maximum Gasteiger partial charge on any atom is 0.333 e. The van der Waals surface area contributed by atoms with Crippen molar-refractivity contribution in [2.24, 2.45) is 0 Å². The second-order valence-electron chi connectivity index (χ2n) is 13.1. The van der Waals surface area contributed by atoms with Crippen LogP contribution in [-0.4, -0.2) is 55.1 Å². The van der Waals surface area contributed by atoms with E-state index in [1.165, 1.54) is 17.5 Å². The van der Waals surface area contributed by atoms with Gasteiger partial charge in [0.25, 0.3) is 8.32 Å². The Morgan fingerprint density at radius 1 is 0.825 bits per heavy atom.